The number of likely N-dealkylation sites (N-methyl/N-ethyl adjacent to an activating group) is 1. The molecule has 288 valence electrons. The van der Waals surface area contributed by atoms with Crippen LogP contribution in [-0.4, -0.2) is 97.0 Å². The molecule has 7 aliphatic heterocycles. The fourth-order valence-electron chi connectivity index (χ4n) is 10.2. The number of ether oxygens (including phenoxy) is 6. The number of carbonyl (C=O) groups excluding carboxylic acids is 2. The first-order valence-electron chi connectivity index (χ1n) is 18.3. The van der Waals surface area contributed by atoms with E-state index in [1.165, 1.54) is 32.9 Å². The van der Waals surface area contributed by atoms with Gasteiger partial charge in [-0.25, -0.2) is 4.79 Å². The van der Waals surface area contributed by atoms with Crippen molar-refractivity contribution in [1.29, 1.82) is 5.26 Å². The van der Waals surface area contributed by atoms with Gasteiger partial charge in [-0.2, -0.15) is 5.26 Å². The molecule has 4 bridgehead atoms. The summed E-state index contributed by atoms with van der Waals surface area (Å²) in [6.07, 6.45) is 1.05. The second-order valence-electron chi connectivity index (χ2n) is 15.1. The van der Waals surface area contributed by atoms with Gasteiger partial charge in [0, 0.05) is 53.6 Å². The zero-order valence-electron chi connectivity index (χ0n) is 31.3. The molecule has 2 unspecified atom stereocenters. The molecule has 0 aromatic heterocycles. The van der Waals surface area contributed by atoms with E-state index in [0.717, 1.165) is 16.7 Å². The molecule has 2 saturated heterocycles. The van der Waals surface area contributed by atoms with Crippen molar-refractivity contribution < 1.29 is 48.2 Å². The topological polar surface area (TPSA) is 172 Å². The minimum absolute atomic E-state index is 0.0239. The summed E-state index contributed by atoms with van der Waals surface area (Å²) < 4.78 is 36.1. The lowest BCUT2D eigenvalue weighted by Crippen LogP contribution is -2.69. The summed E-state index contributed by atoms with van der Waals surface area (Å²) in [6, 6.07) is 5.28. The van der Waals surface area contributed by atoms with Gasteiger partial charge in [0.15, 0.2) is 40.0 Å². The third kappa shape index (κ3) is 4.90. The number of hydrogen-bond acceptors (Lipinski definition) is 15. The first kappa shape index (κ1) is 35.8. The Kier molecular flexibility index (Phi) is 8.36. The molecule has 0 saturated carbocycles. The summed E-state index contributed by atoms with van der Waals surface area (Å²) in [5.41, 5.74) is 4.41. The third-order valence-electron chi connectivity index (χ3n) is 12.4. The highest BCUT2D eigenvalue weighted by Gasteiger charge is 2.62. The molecule has 0 aliphatic carbocycles. The van der Waals surface area contributed by atoms with Crippen LogP contribution in [0, 0.1) is 25.2 Å². The van der Waals surface area contributed by atoms with E-state index in [9.17, 15) is 25.1 Å². The number of carbonyl (C=O) groups is 2. The van der Waals surface area contributed by atoms with Crippen molar-refractivity contribution in [3.05, 3.63) is 62.7 Å². The van der Waals surface area contributed by atoms with Crippen LogP contribution in [0.4, 0.5) is 0 Å². The van der Waals surface area contributed by atoms with Gasteiger partial charge in [-0.15, -0.1) is 11.8 Å². The second kappa shape index (κ2) is 12.8. The number of nitriles is 1. The molecule has 7 aliphatic rings. The van der Waals surface area contributed by atoms with Gasteiger partial charge in [0.05, 0.1) is 37.6 Å². The standard InChI is InChI=1S/C40H42N4O10S/c1-17-9-21-10-23-24(13-41)44-25-14-51-39(48)40(22-12-27(49-5)26(46)11-20(22)7-8-42-40)15-55-38(32(44)31(43(23)4)28(21)33(47)34(17)50-6)30-29(25)37-36(52-16-53-37)18(2)35(30)54-19(3)45/h9,11-12,23-25,31-32,38,42,46-47H,7-8,10,14-16H2,1-6H3/t23?,24-,25-,31?,32+,38+,40+/m0/s1. The Morgan fingerprint density at radius 2 is 1.84 bits per heavy atom. The lowest BCUT2D eigenvalue weighted by molar-refractivity contribution is -0.157. The number of aryl methyl sites for hydroxylation is 1. The van der Waals surface area contributed by atoms with E-state index in [4.69, 9.17) is 28.4 Å². The fourth-order valence-corrected chi connectivity index (χ4v) is 11.9. The fraction of sp³-hybridized carbons (Fsp3) is 0.475. The van der Waals surface area contributed by atoms with Crippen LogP contribution in [0.5, 0.6) is 40.2 Å². The average molecular weight is 771 g/mol. The van der Waals surface area contributed by atoms with Gasteiger partial charge in [0.25, 0.3) is 0 Å². The van der Waals surface area contributed by atoms with Crippen LogP contribution in [-0.2, 0) is 32.7 Å². The number of nitrogens with zero attached hydrogens (tertiary/aromatic N) is 3. The molecule has 10 rings (SSSR count). The first-order chi connectivity index (χ1) is 26.4. The predicted octanol–water partition coefficient (Wildman–Crippen LogP) is 3.99. The summed E-state index contributed by atoms with van der Waals surface area (Å²) in [5.74, 6) is 0.973. The number of hydrogen-bond donors (Lipinski definition) is 3. The maximum absolute atomic E-state index is 14.7. The number of aromatic hydroxyl groups is 2. The molecule has 55 heavy (non-hydrogen) atoms. The largest absolute Gasteiger partial charge is 0.504 e. The molecule has 0 radical (unpaired) electrons. The quantitative estimate of drug-likeness (QED) is 0.258. The minimum atomic E-state index is -1.36. The first-order valence-corrected chi connectivity index (χ1v) is 19.4. The zero-order valence-corrected chi connectivity index (χ0v) is 32.2. The maximum Gasteiger partial charge on any atom is 0.331 e. The average Bonchev–Trinajstić information content (AvgIpc) is 3.65. The van der Waals surface area contributed by atoms with Gasteiger partial charge in [0.2, 0.25) is 6.79 Å². The molecule has 1 spiro atoms. The van der Waals surface area contributed by atoms with Gasteiger partial charge in [-0.05, 0) is 68.1 Å². The molecule has 14 nitrogen and oxygen atoms in total. The lowest BCUT2D eigenvalue weighted by atomic mass is 9.71. The van der Waals surface area contributed by atoms with Crippen molar-refractivity contribution >= 4 is 23.7 Å². The van der Waals surface area contributed by atoms with E-state index in [0.29, 0.717) is 70.2 Å². The second-order valence-corrected chi connectivity index (χ2v) is 16.2. The molecule has 3 N–H and O–H groups in total. The molecule has 7 atom stereocenters. The number of esters is 2. The third-order valence-corrected chi connectivity index (χ3v) is 13.9. The summed E-state index contributed by atoms with van der Waals surface area (Å²) in [4.78, 5) is 32.0. The monoisotopic (exact) mass is 770 g/mol. The van der Waals surface area contributed by atoms with E-state index in [-0.39, 0.29) is 42.4 Å². The van der Waals surface area contributed by atoms with E-state index in [1.807, 2.05) is 27.0 Å². The summed E-state index contributed by atoms with van der Waals surface area (Å²) in [6.45, 7) is 5.28. The smallest absolute Gasteiger partial charge is 0.331 e. The number of fused-ring (bicyclic) bond motifs is 9. The number of methoxy groups -OCH3 is 2. The molecule has 3 aromatic carbocycles. The zero-order chi connectivity index (χ0) is 38.7. The molecule has 2 fully saturated rings. The molecule has 0 amide bonds. The van der Waals surface area contributed by atoms with Crippen LogP contribution in [0.3, 0.4) is 0 Å². The molecule has 3 aromatic rings. The van der Waals surface area contributed by atoms with E-state index >= 15 is 0 Å². The predicted molar refractivity (Wildman–Crippen MR) is 198 cm³/mol. The summed E-state index contributed by atoms with van der Waals surface area (Å²) in [5, 5.41) is 36.9. The Balaban J connectivity index is 1.33. The van der Waals surface area contributed by atoms with Crippen molar-refractivity contribution in [2.45, 2.75) is 74.6 Å². The van der Waals surface area contributed by atoms with E-state index in [2.05, 4.69) is 21.2 Å². The van der Waals surface area contributed by atoms with Crippen molar-refractivity contribution in [2.24, 2.45) is 0 Å². The lowest BCUT2D eigenvalue weighted by Gasteiger charge is -2.62. The normalized spacial score (nSPS) is 28.9. The Morgan fingerprint density at radius 3 is 2.56 bits per heavy atom. The Morgan fingerprint density at radius 1 is 1.05 bits per heavy atom. The van der Waals surface area contributed by atoms with Gasteiger partial charge >= 0.3 is 11.9 Å². The van der Waals surface area contributed by atoms with Crippen LogP contribution in [0.1, 0.15) is 68.8 Å². The Labute approximate surface area is 322 Å². The summed E-state index contributed by atoms with van der Waals surface area (Å²) >= 11 is 1.48. The number of thioether (sulfide) groups is 1. The Hall–Kier alpha value is -4.88. The highest BCUT2D eigenvalue weighted by molar-refractivity contribution is 7.99. The van der Waals surface area contributed by atoms with Crippen LogP contribution in [0.25, 0.3) is 0 Å². The maximum atomic E-state index is 14.7. The SMILES string of the molecule is COc1cc2c(cc1O)CCN[C@]21CS[C@@H]2c3c(OC(C)=O)c(C)c4c(c3[C@H](COC1=O)N1[C@@H]2C2c3c(cc(C)c(OC)c3O)CC([C@@H]1C#N)N2C)OCO4. The van der Waals surface area contributed by atoms with Gasteiger partial charge < -0.3 is 38.6 Å². The van der Waals surface area contributed by atoms with Crippen molar-refractivity contribution in [1.82, 2.24) is 15.1 Å². The molecule has 7 heterocycles. The number of piperazine rings is 1. The minimum Gasteiger partial charge on any atom is -0.504 e. The highest BCUT2D eigenvalue weighted by atomic mass is 32.2. The summed E-state index contributed by atoms with van der Waals surface area (Å²) in [7, 11) is 4.99. The molecular weight excluding hydrogens is 729 g/mol. The van der Waals surface area contributed by atoms with Crippen LogP contribution in [0.15, 0.2) is 18.2 Å². The van der Waals surface area contributed by atoms with E-state index < -0.39 is 46.9 Å². The van der Waals surface area contributed by atoms with Crippen LogP contribution >= 0.6 is 11.8 Å². The van der Waals surface area contributed by atoms with Crippen molar-refractivity contribution in [3.8, 4) is 46.3 Å². The van der Waals surface area contributed by atoms with Gasteiger partial charge in [0.1, 0.15) is 18.4 Å². The van der Waals surface area contributed by atoms with Gasteiger partial charge in [-0.1, -0.05) is 6.07 Å². The van der Waals surface area contributed by atoms with Crippen molar-refractivity contribution in [2.75, 3.05) is 47.0 Å². The van der Waals surface area contributed by atoms with Crippen LogP contribution in [0.2, 0.25) is 0 Å². The number of phenols is 2. The number of nitrogens with one attached hydrogen (secondary N) is 1. The van der Waals surface area contributed by atoms with E-state index in [1.54, 1.807) is 12.1 Å². The molecular formula is C40H42N4O10S. The van der Waals surface area contributed by atoms with Crippen molar-refractivity contribution in [3.63, 3.8) is 0 Å². The highest BCUT2D eigenvalue weighted by Crippen LogP contribution is 2.64. The van der Waals surface area contributed by atoms with Crippen LogP contribution < -0.4 is 29.0 Å². The van der Waals surface area contributed by atoms with Gasteiger partial charge in [-0.3, -0.25) is 19.9 Å². The number of phenolic OH excluding ortho intramolecular Hbond substituents is 2. The molecule has 15 heteroatoms. The Bertz CT molecular complexity index is 2220. The number of benzene rings is 3. The number of rotatable bonds is 3.